The molecule has 1 atom stereocenters. The molecule has 5 nitrogen and oxygen atoms in total. The molecule has 0 fully saturated rings. The molecular formula is C16H23NO4. The van der Waals surface area contributed by atoms with E-state index in [1.807, 2.05) is 37.3 Å². The van der Waals surface area contributed by atoms with Gasteiger partial charge in [-0.3, -0.25) is 9.59 Å². The van der Waals surface area contributed by atoms with Crippen LogP contribution in [0.25, 0.3) is 0 Å². The minimum absolute atomic E-state index is 0.176. The van der Waals surface area contributed by atoms with Gasteiger partial charge in [0, 0.05) is 13.0 Å². The number of carbonyl (C=O) groups is 2. The molecule has 5 heteroatoms. The third-order valence-corrected chi connectivity index (χ3v) is 3.12. The molecule has 0 radical (unpaired) electrons. The first-order chi connectivity index (χ1) is 10.1. The number of carboxylic acids is 1. The van der Waals surface area contributed by atoms with Crippen LogP contribution in [-0.4, -0.2) is 30.1 Å². The molecule has 21 heavy (non-hydrogen) atoms. The Morgan fingerprint density at radius 3 is 2.62 bits per heavy atom. The summed E-state index contributed by atoms with van der Waals surface area (Å²) in [5, 5.41) is 11.6. The molecule has 1 unspecified atom stereocenters. The molecule has 1 aromatic rings. The second kappa shape index (κ2) is 9.94. The lowest BCUT2D eigenvalue weighted by molar-refractivity contribution is -0.141. The van der Waals surface area contributed by atoms with Crippen LogP contribution >= 0.6 is 0 Å². The monoisotopic (exact) mass is 293 g/mol. The molecule has 0 aliphatic heterocycles. The molecule has 116 valence electrons. The van der Waals surface area contributed by atoms with Crippen molar-refractivity contribution < 1.29 is 19.4 Å². The summed E-state index contributed by atoms with van der Waals surface area (Å²) in [7, 11) is 0. The van der Waals surface area contributed by atoms with Gasteiger partial charge in [-0.2, -0.15) is 0 Å². The van der Waals surface area contributed by atoms with Crippen molar-refractivity contribution in [3.63, 3.8) is 0 Å². The van der Waals surface area contributed by atoms with Crippen LogP contribution < -0.4 is 5.32 Å². The topological polar surface area (TPSA) is 75.6 Å². The average molecular weight is 293 g/mol. The summed E-state index contributed by atoms with van der Waals surface area (Å²) in [6, 6.07) is 9.73. The minimum Gasteiger partial charge on any atom is -0.481 e. The van der Waals surface area contributed by atoms with Gasteiger partial charge in [-0.1, -0.05) is 43.7 Å². The van der Waals surface area contributed by atoms with E-state index in [2.05, 4.69) is 5.32 Å². The zero-order chi connectivity index (χ0) is 15.5. The quantitative estimate of drug-likeness (QED) is 0.649. The molecule has 1 rings (SSSR count). The summed E-state index contributed by atoms with van der Waals surface area (Å²) in [5.74, 6) is -1.55. The van der Waals surface area contributed by atoms with Gasteiger partial charge in [0.25, 0.3) is 0 Å². The van der Waals surface area contributed by atoms with Crippen molar-refractivity contribution in [2.75, 3.05) is 13.2 Å². The van der Waals surface area contributed by atoms with E-state index in [4.69, 9.17) is 9.84 Å². The average Bonchev–Trinajstić information content (AvgIpc) is 2.48. The Labute approximate surface area is 125 Å². The number of carbonyl (C=O) groups excluding carboxylic acids is 1. The van der Waals surface area contributed by atoms with Gasteiger partial charge < -0.3 is 15.2 Å². The molecule has 0 spiro atoms. The first-order valence-corrected chi connectivity index (χ1v) is 7.24. The maximum atomic E-state index is 11.6. The van der Waals surface area contributed by atoms with Crippen molar-refractivity contribution in [3.8, 4) is 0 Å². The molecule has 0 aromatic heterocycles. The highest BCUT2D eigenvalue weighted by Crippen LogP contribution is 2.05. The van der Waals surface area contributed by atoms with Crippen molar-refractivity contribution in [2.45, 2.75) is 32.8 Å². The third-order valence-electron chi connectivity index (χ3n) is 3.12. The minimum atomic E-state index is -0.863. The van der Waals surface area contributed by atoms with Gasteiger partial charge in [0.2, 0.25) is 5.91 Å². The van der Waals surface area contributed by atoms with Crippen LogP contribution in [0, 0.1) is 5.92 Å². The van der Waals surface area contributed by atoms with Crippen molar-refractivity contribution in [1.29, 1.82) is 0 Å². The third kappa shape index (κ3) is 7.46. The number of nitrogens with one attached hydrogen (secondary N) is 1. The lowest BCUT2D eigenvalue weighted by atomic mass is 10.0. The van der Waals surface area contributed by atoms with Crippen LogP contribution in [0.15, 0.2) is 30.3 Å². The van der Waals surface area contributed by atoms with Gasteiger partial charge in [-0.25, -0.2) is 0 Å². The Hall–Kier alpha value is -1.88. The Bertz CT molecular complexity index is 433. The summed E-state index contributed by atoms with van der Waals surface area (Å²) in [6.45, 7) is 2.91. The zero-order valence-electron chi connectivity index (χ0n) is 12.4. The predicted octanol–water partition coefficient (Wildman–Crippen LogP) is 2.21. The van der Waals surface area contributed by atoms with Crippen molar-refractivity contribution >= 4 is 11.9 Å². The van der Waals surface area contributed by atoms with Crippen LogP contribution in [0.1, 0.15) is 31.7 Å². The normalized spacial score (nSPS) is 11.9. The highest BCUT2D eigenvalue weighted by atomic mass is 16.5. The molecule has 0 aliphatic carbocycles. The number of hydrogen-bond donors (Lipinski definition) is 2. The lowest BCUT2D eigenvalue weighted by Crippen LogP contribution is -2.33. The maximum Gasteiger partial charge on any atom is 0.308 e. The molecule has 0 saturated carbocycles. The van der Waals surface area contributed by atoms with Gasteiger partial charge >= 0.3 is 5.97 Å². The first-order valence-electron chi connectivity index (χ1n) is 7.24. The van der Waals surface area contributed by atoms with E-state index in [-0.39, 0.29) is 18.9 Å². The predicted molar refractivity (Wildman–Crippen MR) is 79.8 cm³/mol. The Balaban J connectivity index is 2.15. The SMILES string of the molecule is CCCC(CNC(=O)CCOCc1ccccc1)C(=O)O. The number of ether oxygens (including phenoxy) is 1. The first kappa shape index (κ1) is 17.2. The molecule has 0 aliphatic rings. The number of rotatable bonds is 10. The van der Waals surface area contributed by atoms with E-state index in [1.54, 1.807) is 0 Å². The molecule has 0 bridgehead atoms. The molecule has 2 N–H and O–H groups in total. The highest BCUT2D eigenvalue weighted by molar-refractivity contribution is 5.77. The van der Waals surface area contributed by atoms with Crippen LogP contribution in [0.4, 0.5) is 0 Å². The smallest absolute Gasteiger partial charge is 0.308 e. The summed E-state index contributed by atoms with van der Waals surface area (Å²) in [6.07, 6.45) is 1.60. The Kier molecular flexibility index (Phi) is 8.12. The lowest BCUT2D eigenvalue weighted by Gasteiger charge is -2.12. The largest absolute Gasteiger partial charge is 0.481 e. The number of amides is 1. The van der Waals surface area contributed by atoms with Gasteiger partial charge in [-0.05, 0) is 12.0 Å². The molecular weight excluding hydrogens is 270 g/mol. The highest BCUT2D eigenvalue weighted by Gasteiger charge is 2.16. The van der Waals surface area contributed by atoms with Crippen LogP contribution in [-0.2, 0) is 20.9 Å². The van der Waals surface area contributed by atoms with Crippen molar-refractivity contribution in [1.82, 2.24) is 5.32 Å². The summed E-state index contributed by atoms with van der Waals surface area (Å²) < 4.78 is 5.41. The Morgan fingerprint density at radius 2 is 2.00 bits per heavy atom. The molecule has 1 aromatic carbocycles. The molecule has 0 saturated heterocycles. The fraction of sp³-hybridized carbons (Fsp3) is 0.500. The molecule has 1 amide bonds. The van der Waals surface area contributed by atoms with Gasteiger partial charge in [0.15, 0.2) is 0 Å². The van der Waals surface area contributed by atoms with Crippen molar-refractivity contribution in [3.05, 3.63) is 35.9 Å². The molecule has 0 heterocycles. The van der Waals surface area contributed by atoms with E-state index in [0.717, 1.165) is 12.0 Å². The second-order valence-corrected chi connectivity index (χ2v) is 4.92. The zero-order valence-corrected chi connectivity index (χ0v) is 12.4. The van der Waals surface area contributed by atoms with E-state index in [9.17, 15) is 9.59 Å². The van der Waals surface area contributed by atoms with E-state index >= 15 is 0 Å². The van der Waals surface area contributed by atoms with Crippen LogP contribution in [0.5, 0.6) is 0 Å². The number of aliphatic carboxylic acids is 1. The summed E-state index contributed by atoms with van der Waals surface area (Å²) >= 11 is 0. The summed E-state index contributed by atoms with van der Waals surface area (Å²) in [4.78, 5) is 22.5. The van der Waals surface area contributed by atoms with E-state index in [0.29, 0.717) is 19.6 Å². The van der Waals surface area contributed by atoms with Crippen molar-refractivity contribution in [2.24, 2.45) is 5.92 Å². The fourth-order valence-electron chi connectivity index (χ4n) is 1.92. The van der Waals surface area contributed by atoms with Crippen LogP contribution in [0.2, 0.25) is 0 Å². The Morgan fingerprint density at radius 1 is 1.29 bits per heavy atom. The number of hydrogen-bond acceptors (Lipinski definition) is 3. The standard InChI is InChI=1S/C16H23NO4/c1-2-6-14(16(19)20)11-17-15(18)9-10-21-12-13-7-4-3-5-8-13/h3-5,7-8,14H,2,6,9-12H2,1H3,(H,17,18)(H,19,20). The second-order valence-electron chi connectivity index (χ2n) is 4.92. The van der Waals surface area contributed by atoms with Gasteiger partial charge in [0.05, 0.1) is 19.1 Å². The van der Waals surface area contributed by atoms with Crippen LogP contribution in [0.3, 0.4) is 0 Å². The van der Waals surface area contributed by atoms with E-state index in [1.165, 1.54) is 0 Å². The number of carboxylic acid groups (broad SMARTS) is 1. The number of benzene rings is 1. The fourth-order valence-corrected chi connectivity index (χ4v) is 1.92. The van der Waals surface area contributed by atoms with Gasteiger partial charge in [-0.15, -0.1) is 0 Å². The summed E-state index contributed by atoms with van der Waals surface area (Å²) in [5.41, 5.74) is 1.06. The van der Waals surface area contributed by atoms with Gasteiger partial charge in [0.1, 0.15) is 0 Å². The van der Waals surface area contributed by atoms with E-state index < -0.39 is 11.9 Å². The maximum absolute atomic E-state index is 11.6.